The van der Waals surface area contributed by atoms with Crippen LogP contribution in [0.1, 0.15) is 89.5 Å². The lowest BCUT2D eigenvalue weighted by molar-refractivity contribution is -0.129. The average Bonchev–Trinajstić information content (AvgIpc) is 2.43. The molecule has 0 radical (unpaired) electrons. The fraction of sp³-hybridized carbons (Fsp3) is 0.913. The fourth-order valence-electron chi connectivity index (χ4n) is 2.94. The van der Waals surface area contributed by atoms with Gasteiger partial charge in [0, 0.05) is 27.7 Å². The molecule has 4 nitrogen and oxygen atoms in total. The van der Waals surface area contributed by atoms with E-state index in [0.717, 1.165) is 17.9 Å². The van der Waals surface area contributed by atoms with Crippen LogP contribution in [-0.4, -0.2) is 46.2 Å². The highest BCUT2D eigenvalue weighted by atomic mass is 32.2. The van der Waals surface area contributed by atoms with Crippen LogP contribution < -0.4 is 10.6 Å². The molecule has 2 unspecified atom stereocenters. The molecular formula is C23H46N2O2S. The first kappa shape index (κ1) is 27.6. The number of ketones is 2. The second-order valence-corrected chi connectivity index (χ2v) is 13.1. The summed E-state index contributed by atoms with van der Waals surface area (Å²) < 4.78 is 0. The topological polar surface area (TPSA) is 58.2 Å². The predicted octanol–water partition coefficient (Wildman–Crippen LogP) is 4.85. The van der Waals surface area contributed by atoms with Crippen LogP contribution in [0.25, 0.3) is 0 Å². The van der Waals surface area contributed by atoms with Crippen LogP contribution in [-0.2, 0) is 9.59 Å². The number of carbonyl (C=O) groups is 2. The molecule has 28 heavy (non-hydrogen) atoms. The Labute approximate surface area is 178 Å². The molecule has 0 spiro atoms. The van der Waals surface area contributed by atoms with Crippen molar-refractivity contribution >= 4 is 23.3 Å². The Morgan fingerprint density at radius 3 is 1.39 bits per heavy atom. The molecule has 0 aliphatic heterocycles. The molecule has 0 amide bonds. The summed E-state index contributed by atoms with van der Waals surface area (Å²) in [5.41, 5.74) is -0.979. The van der Waals surface area contributed by atoms with Crippen LogP contribution in [0.2, 0.25) is 0 Å². The van der Waals surface area contributed by atoms with E-state index in [0.29, 0.717) is 0 Å². The molecule has 0 aromatic carbocycles. The zero-order valence-electron chi connectivity index (χ0n) is 20.5. The zero-order valence-corrected chi connectivity index (χ0v) is 21.3. The van der Waals surface area contributed by atoms with E-state index in [2.05, 4.69) is 52.2 Å². The summed E-state index contributed by atoms with van der Waals surface area (Å²) in [6, 6.07) is -0.350. The van der Waals surface area contributed by atoms with Gasteiger partial charge in [0.25, 0.3) is 0 Å². The maximum Gasteiger partial charge on any atom is 0.155 e. The highest BCUT2D eigenvalue weighted by Crippen LogP contribution is 2.23. The van der Waals surface area contributed by atoms with E-state index in [4.69, 9.17) is 0 Å². The van der Waals surface area contributed by atoms with Crippen molar-refractivity contribution in [2.75, 3.05) is 11.5 Å². The number of thioether (sulfide) groups is 1. The highest BCUT2D eigenvalue weighted by molar-refractivity contribution is 7.99. The second kappa shape index (κ2) is 10.1. The third-order valence-corrected chi connectivity index (χ3v) is 5.25. The highest BCUT2D eigenvalue weighted by Gasteiger charge is 2.33. The molecule has 0 saturated carbocycles. The predicted molar refractivity (Wildman–Crippen MR) is 124 cm³/mol. The van der Waals surface area contributed by atoms with Crippen molar-refractivity contribution in [2.24, 2.45) is 10.8 Å². The summed E-state index contributed by atoms with van der Waals surface area (Å²) in [7, 11) is 0. The zero-order chi connectivity index (χ0) is 22.6. The van der Waals surface area contributed by atoms with E-state index in [-0.39, 0.29) is 45.6 Å². The average molecular weight is 415 g/mol. The van der Waals surface area contributed by atoms with Crippen LogP contribution in [0.3, 0.4) is 0 Å². The van der Waals surface area contributed by atoms with Gasteiger partial charge in [-0.3, -0.25) is 9.59 Å². The lowest BCUT2D eigenvalue weighted by atomic mass is 9.84. The summed E-state index contributed by atoms with van der Waals surface area (Å²) in [5, 5.41) is 6.97. The van der Waals surface area contributed by atoms with E-state index in [1.165, 1.54) is 0 Å². The molecule has 166 valence electrons. The molecule has 5 heteroatoms. The number of carbonyl (C=O) groups excluding carboxylic acids is 2. The van der Waals surface area contributed by atoms with Gasteiger partial charge >= 0.3 is 0 Å². The van der Waals surface area contributed by atoms with Gasteiger partial charge in [-0.1, -0.05) is 41.5 Å². The van der Waals surface area contributed by atoms with E-state index >= 15 is 0 Å². The maximum atomic E-state index is 12.9. The van der Waals surface area contributed by atoms with Gasteiger partial charge in [0.15, 0.2) is 11.6 Å². The minimum Gasteiger partial charge on any atom is -0.303 e. The molecular weight excluding hydrogens is 368 g/mol. The van der Waals surface area contributed by atoms with Crippen molar-refractivity contribution in [3.8, 4) is 0 Å². The van der Waals surface area contributed by atoms with E-state index < -0.39 is 0 Å². The van der Waals surface area contributed by atoms with Gasteiger partial charge < -0.3 is 10.6 Å². The van der Waals surface area contributed by atoms with E-state index in [1.54, 1.807) is 11.8 Å². The van der Waals surface area contributed by atoms with Crippen molar-refractivity contribution < 1.29 is 9.59 Å². The van der Waals surface area contributed by atoms with Crippen LogP contribution in [0.5, 0.6) is 0 Å². The van der Waals surface area contributed by atoms with Gasteiger partial charge in [-0.2, -0.15) is 11.8 Å². The first-order valence-corrected chi connectivity index (χ1v) is 11.6. The first-order chi connectivity index (χ1) is 12.2. The molecule has 0 aliphatic rings. The molecule has 2 atom stereocenters. The molecule has 0 aromatic rings. The van der Waals surface area contributed by atoms with Crippen molar-refractivity contribution in [1.29, 1.82) is 0 Å². The third-order valence-electron chi connectivity index (χ3n) is 4.16. The Morgan fingerprint density at radius 2 is 1.04 bits per heavy atom. The van der Waals surface area contributed by atoms with Gasteiger partial charge in [-0.15, -0.1) is 0 Å². The van der Waals surface area contributed by atoms with Crippen LogP contribution in [0.4, 0.5) is 0 Å². The Morgan fingerprint density at radius 1 is 0.679 bits per heavy atom. The molecule has 0 fully saturated rings. The number of rotatable bonds is 9. The van der Waals surface area contributed by atoms with Crippen molar-refractivity contribution in [3.05, 3.63) is 0 Å². The minimum atomic E-state index is -0.373. The Hall–Kier alpha value is -0.390. The van der Waals surface area contributed by atoms with Gasteiger partial charge in [-0.05, 0) is 53.7 Å². The van der Waals surface area contributed by atoms with E-state index in [1.807, 2.05) is 41.5 Å². The Kier molecular flexibility index (Phi) is 9.94. The Balaban J connectivity index is 5.00. The third kappa shape index (κ3) is 11.6. The van der Waals surface area contributed by atoms with Crippen molar-refractivity contribution in [2.45, 2.75) is 113 Å². The standard InChI is InChI=1S/C23H46N2O2S/c1-20(2,3)18(26)16(24-22(7,8)9)13-14-28-15-17(25-23(10,11)12)19(27)21(4,5)6/h16-17,24-25H,13-15H2,1-12H3. The minimum absolute atomic E-state index is 0.116. The smallest absolute Gasteiger partial charge is 0.155 e. The van der Waals surface area contributed by atoms with E-state index in [9.17, 15) is 9.59 Å². The molecule has 0 saturated heterocycles. The molecule has 0 bridgehead atoms. The molecule has 0 rings (SSSR count). The first-order valence-electron chi connectivity index (χ1n) is 10.5. The van der Waals surface area contributed by atoms with Gasteiger partial charge in [0.1, 0.15) is 0 Å². The SMILES string of the molecule is CC(C)(C)NC(CCSCC(NC(C)(C)C)C(=O)C(C)(C)C)C(=O)C(C)(C)C. The van der Waals surface area contributed by atoms with Crippen molar-refractivity contribution in [3.63, 3.8) is 0 Å². The quantitative estimate of drug-likeness (QED) is 0.528. The number of hydrogen-bond acceptors (Lipinski definition) is 5. The van der Waals surface area contributed by atoms with Crippen LogP contribution in [0, 0.1) is 10.8 Å². The monoisotopic (exact) mass is 414 g/mol. The summed E-state index contributed by atoms with van der Waals surface area (Å²) >= 11 is 1.75. The number of Topliss-reactive ketones (excluding diaryl/α,β-unsaturated/α-hetero) is 2. The maximum absolute atomic E-state index is 12.9. The summed E-state index contributed by atoms with van der Waals surface area (Å²) in [6.07, 6.45) is 0.768. The second-order valence-electron chi connectivity index (χ2n) is 12.0. The molecule has 0 aliphatic carbocycles. The molecule has 0 aromatic heterocycles. The summed E-state index contributed by atoms with van der Waals surface area (Å²) in [6.45, 7) is 24.4. The van der Waals surface area contributed by atoms with Gasteiger partial charge in [-0.25, -0.2) is 0 Å². The molecule has 0 heterocycles. The fourth-order valence-corrected chi connectivity index (χ4v) is 3.98. The lowest BCUT2D eigenvalue weighted by Gasteiger charge is -2.33. The number of nitrogens with one attached hydrogen (secondary N) is 2. The van der Waals surface area contributed by atoms with Crippen LogP contribution in [0.15, 0.2) is 0 Å². The Bertz CT molecular complexity index is 469. The molecule has 2 N–H and O–H groups in total. The normalized spacial score (nSPS) is 16.0. The lowest BCUT2D eigenvalue weighted by Crippen LogP contribution is -2.52. The summed E-state index contributed by atoms with van der Waals surface area (Å²) in [5.74, 6) is 2.05. The number of hydrogen-bond donors (Lipinski definition) is 2. The summed E-state index contributed by atoms with van der Waals surface area (Å²) in [4.78, 5) is 25.7. The van der Waals surface area contributed by atoms with Crippen LogP contribution >= 0.6 is 11.8 Å². The van der Waals surface area contributed by atoms with Gasteiger partial charge in [0.2, 0.25) is 0 Å². The van der Waals surface area contributed by atoms with Gasteiger partial charge in [0.05, 0.1) is 12.1 Å². The largest absolute Gasteiger partial charge is 0.303 e. The van der Waals surface area contributed by atoms with Crippen molar-refractivity contribution in [1.82, 2.24) is 10.6 Å².